The van der Waals surface area contributed by atoms with Crippen molar-refractivity contribution in [2.75, 3.05) is 0 Å². The Morgan fingerprint density at radius 1 is 0.778 bits per heavy atom. The first-order valence-corrected chi connectivity index (χ1v) is 5.81. The summed E-state index contributed by atoms with van der Waals surface area (Å²) in [6, 6.07) is 7.61. The molecule has 0 spiro atoms. The molecular weight excluding hydrogens is 228 g/mol. The van der Waals surface area contributed by atoms with Gasteiger partial charge in [-0.2, -0.15) is 0 Å². The maximum Gasteiger partial charge on any atom is 0.157 e. The van der Waals surface area contributed by atoms with E-state index in [-0.39, 0.29) is 10.1 Å². The second kappa shape index (κ2) is 3.28. The van der Waals surface area contributed by atoms with E-state index in [2.05, 4.69) is 0 Å². The molecule has 2 unspecified atom stereocenters. The summed E-state index contributed by atoms with van der Waals surface area (Å²) in [5.41, 5.74) is 3.12. The number of allylic oxidation sites excluding steroid dienone is 3. The third kappa shape index (κ3) is 1.07. The maximum absolute atomic E-state index is 12.1. The van der Waals surface area contributed by atoms with Gasteiger partial charge in [0.25, 0.3) is 0 Å². The second-order valence-electron chi connectivity index (χ2n) is 4.52. The normalized spacial score (nSPS) is 27.7. The van der Waals surface area contributed by atoms with E-state index >= 15 is 0 Å². The molecule has 1 aliphatic carbocycles. The number of hydroxylamine groups is 4. The van der Waals surface area contributed by atoms with Gasteiger partial charge in [-0.3, -0.25) is 0 Å². The van der Waals surface area contributed by atoms with Crippen LogP contribution in [0.1, 0.15) is 0 Å². The van der Waals surface area contributed by atoms with Gasteiger partial charge >= 0.3 is 0 Å². The summed E-state index contributed by atoms with van der Waals surface area (Å²) in [6.45, 7) is 0. The molecule has 2 heterocycles. The highest BCUT2D eigenvalue weighted by Gasteiger charge is 2.34. The Bertz CT molecular complexity index is 708. The van der Waals surface area contributed by atoms with Gasteiger partial charge in [-0.05, 0) is 12.1 Å². The summed E-state index contributed by atoms with van der Waals surface area (Å²) in [5, 5.41) is 25.9. The molecule has 4 nitrogen and oxygen atoms in total. The van der Waals surface area contributed by atoms with Crippen molar-refractivity contribution >= 4 is 11.4 Å². The molecule has 0 aromatic heterocycles. The molecule has 3 aliphatic rings. The summed E-state index contributed by atoms with van der Waals surface area (Å²) < 4.78 is 0. The van der Waals surface area contributed by atoms with Crippen molar-refractivity contribution in [1.29, 1.82) is 0 Å². The summed E-state index contributed by atoms with van der Waals surface area (Å²) in [6.07, 6.45) is 6.73. The van der Waals surface area contributed by atoms with Crippen LogP contribution in [-0.4, -0.2) is 0 Å². The van der Waals surface area contributed by atoms with Gasteiger partial charge < -0.3 is 20.5 Å². The minimum absolute atomic E-state index is 0.0145. The number of hydrogen-bond donors (Lipinski definition) is 2. The Morgan fingerprint density at radius 3 is 1.78 bits per heavy atom. The van der Waals surface area contributed by atoms with Crippen molar-refractivity contribution in [3.05, 3.63) is 80.8 Å². The number of hydrogen-bond acceptors (Lipinski definition) is 2. The van der Waals surface area contributed by atoms with Crippen molar-refractivity contribution < 1.29 is 10.1 Å². The summed E-state index contributed by atoms with van der Waals surface area (Å²) in [5.74, 6) is 0. The third-order valence-corrected chi connectivity index (χ3v) is 3.58. The molecule has 18 heavy (non-hydrogen) atoms. The molecule has 0 fully saturated rings. The van der Waals surface area contributed by atoms with Crippen molar-refractivity contribution in [3.8, 4) is 0 Å². The van der Waals surface area contributed by atoms with Gasteiger partial charge in [-0.1, -0.05) is 12.1 Å². The van der Waals surface area contributed by atoms with E-state index < -0.39 is 0 Å². The SMILES string of the molecule is [O-][NH+]1C=CC2=C3C1=c1ccccc1=C3[NH+]([O-])C=C2. The predicted octanol–water partition coefficient (Wildman–Crippen LogP) is -1.97. The monoisotopic (exact) mass is 238 g/mol. The molecule has 2 N–H and O–H groups in total. The molecule has 0 saturated carbocycles. The third-order valence-electron chi connectivity index (χ3n) is 3.58. The standard InChI is InChI=1S/C14H10N2O2/c17-15-7-5-9-6-8-16(18)14-11-4-2-1-3-10(11)13(15)12(9)14/h1-8,15-16H. The zero-order chi connectivity index (χ0) is 12.3. The van der Waals surface area contributed by atoms with Crippen molar-refractivity contribution in [2.24, 2.45) is 0 Å². The van der Waals surface area contributed by atoms with Gasteiger partial charge in [-0.25, -0.2) is 0 Å². The molecule has 4 rings (SSSR count). The lowest BCUT2D eigenvalue weighted by Crippen LogP contribution is -3.03. The van der Waals surface area contributed by atoms with Crippen LogP contribution in [0.3, 0.4) is 0 Å². The van der Waals surface area contributed by atoms with E-state index in [1.807, 2.05) is 24.3 Å². The molecule has 1 aromatic rings. The van der Waals surface area contributed by atoms with E-state index in [1.54, 1.807) is 24.6 Å². The first kappa shape index (κ1) is 9.99. The van der Waals surface area contributed by atoms with Gasteiger partial charge in [0.15, 0.2) is 11.4 Å². The van der Waals surface area contributed by atoms with Crippen LogP contribution in [0.25, 0.3) is 11.4 Å². The van der Waals surface area contributed by atoms with Gasteiger partial charge in [0.1, 0.15) is 5.57 Å². The first-order valence-electron chi connectivity index (χ1n) is 5.81. The number of quaternary nitrogens is 2. The minimum atomic E-state index is -0.0145. The minimum Gasteiger partial charge on any atom is -0.624 e. The van der Waals surface area contributed by atoms with Crippen LogP contribution in [0.2, 0.25) is 0 Å². The highest BCUT2D eigenvalue weighted by molar-refractivity contribution is 5.86. The van der Waals surface area contributed by atoms with Crippen LogP contribution in [0.15, 0.2) is 60.0 Å². The highest BCUT2D eigenvalue weighted by atomic mass is 16.5. The van der Waals surface area contributed by atoms with Crippen LogP contribution < -0.4 is 20.6 Å². The lowest BCUT2D eigenvalue weighted by molar-refractivity contribution is -0.716. The van der Waals surface area contributed by atoms with E-state index in [9.17, 15) is 10.4 Å². The first-order chi connectivity index (χ1) is 8.77. The fourth-order valence-electron chi connectivity index (χ4n) is 2.83. The lowest BCUT2D eigenvalue weighted by atomic mass is 9.99. The van der Waals surface area contributed by atoms with E-state index in [0.29, 0.717) is 11.4 Å². The largest absolute Gasteiger partial charge is 0.624 e. The molecule has 0 radical (unpaired) electrons. The fraction of sp³-hybridized carbons (Fsp3) is 0. The van der Waals surface area contributed by atoms with E-state index in [4.69, 9.17) is 0 Å². The van der Waals surface area contributed by atoms with Gasteiger partial charge in [-0.15, -0.1) is 0 Å². The van der Waals surface area contributed by atoms with Crippen LogP contribution in [-0.2, 0) is 0 Å². The van der Waals surface area contributed by atoms with Crippen molar-refractivity contribution in [1.82, 2.24) is 0 Å². The molecule has 88 valence electrons. The summed E-state index contributed by atoms with van der Waals surface area (Å²) in [4.78, 5) is 0. The maximum atomic E-state index is 12.1. The number of rotatable bonds is 0. The molecule has 2 atom stereocenters. The average molecular weight is 238 g/mol. The van der Waals surface area contributed by atoms with E-state index in [0.717, 1.165) is 21.6 Å². The molecule has 0 bridgehead atoms. The highest BCUT2D eigenvalue weighted by Crippen LogP contribution is 2.25. The molecule has 4 heteroatoms. The summed E-state index contributed by atoms with van der Waals surface area (Å²) >= 11 is 0. The Morgan fingerprint density at radius 2 is 1.28 bits per heavy atom. The fourth-order valence-corrected chi connectivity index (χ4v) is 2.83. The van der Waals surface area contributed by atoms with Crippen molar-refractivity contribution in [3.63, 3.8) is 0 Å². The molecule has 0 amide bonds. The van der Waals surface area contributed by atoms with Crippen LogP contribution >= 0.6 is 0 Å². The molecule has 2 aliphatic heterocycles. The Kier molecular flexibility index (Phi) is 1.82. The Hall–Kier alpha value is -1.98. The lowest BCUT2D eigenvalue weighted by Gasteiger charge is -2.29. The zero-order valence-corrected chi connectivity index (χ0v) is 9.44. The van der Waals surface area contributed by atoms with Gasteiger partial charge in [0, 0.05) is 17.7 Å². The number of benzene rings is 1. The smallest absolute Gasteiger partial charge is 0.157 e. The van der Waals surface area contributed by atoms with Crippen molar-refractivity contribution in [2.45, 2.75) is 0 Å². The topological polar surface area (TPSA) is 55.0 Å². The number of nitrogens with one attached hydrogen (secondary N) is 2. The van der Waals surface area contributed by atoms with Gasteiger partial charge in [0.2, 0.25) is 0 Å². The summed E-state index contributed by atoms with van der Waals surface area (Å²) in [7, 11) is 0. The van der Waals surface area contributed by atoms with Crippen LogP contribution in [0, 0.1) is 10.4 Å². The van der Waals surface area contributed by atoms with Gasteiger partial charge in [0.05, 0.1) is 22.8 Å². The second-order valence-corrected chi connectivity index (χ2v) is 4.52. The molecule has 0 saturated heterocycles. The Balaban J connectivity index is 2.25. The molecular formula is C14H10N2O2. The number of fused-ring (bicyclic) bond motifs is 1. The average Bonchev–Trinajstić information content (AvgIpc) is 2.74. The zero-order valence-electron chi connectivity index (χ0n) is 9.44. The van der Waals surface area contributed by atoms with Crippen LogP contribution in [0.5, 0.6) is 0 Å². The molecule has 1 aromatic carbocycles. The predicted molar refractivity (Wildman–Crippen MR) is 66.5 cm³/mol. The Labute approximate surface area is 103 Å². The van der Waals surface area contributed by atoms with Crippen LogP contribution in [0.4, 0.5) is 0 Å². The van der Waals surface area contributed by atoms with E-state index in [1.165, 1.54) is 0 Å². The quantitative estimate of drug-likeness (QED) is 0.515.